The van der Waals surface area contributed by atoms with Gasteiger partial charge in [0.1, 0.15) is 73.1 Å². The Labute approximate surface area is 554 Å². The van der Waals surface area contributed by atoms with Crippen LogP contribution < -0.4 is 16.0 Å². The highest BCUT2D eigenvalue weighted by Gasteiger charge is 2.48. The molecule has 3 amide bonds. The van der Waals surface area contributed by atoms with E-state index in [9.17, 15) is 88.7 Å². The molecule has 39 heteroatoms. The monoisotopic (exact) mass is 1440 g/mol. The van der Waals surface area contributed by atoms with Crippen molar-refractivity contribution in [3.8, 4) is 0 Å². The molecule has 3 heterocycles. The third kappa shape index (κ3) is 35.5. The van der Waals surface area contributed by atoms with Crippen LogP contribution in [0.25, 0.3) is 0 Å². The number of aliphatic hydroxyl groups excluding tert-OH is 9. The maximum atomic E-state index is 12.6. The molecule has 95 heavy (non-hydrogen) atoms. The lowest BCUT2D eigenvalue weighted by atomic mass is 9.94. The van der Waals surface area contributed by atoms with E-state index in [-0.39, 0.29) is 118 Å². The first-order chi connectivity index (χ1) is 45.1. The average molecular weight is 1440 g/mol. The first-order valence-electron chi connectivity index (χ1n) is 32.2. The van der Waals surface area contributed by atoms with Crippen LogP contribution in [0.4, 0.5) is 0 Å². The van der Waals surface area contributed by atoms with Crippen LogP contribution >= 0.6 is 23.5 Å². The quantitative estimate of drug-likeness (QED) is 0.0261. The molecule has 3 fully saturated rings. The Morgan fingerprint density at radius 1 is 0.358 bits per heavy atom. The lowest BCUT2D eigenvalue weighted by molar-refractivity contribution is -0.270. The third-order valence-electron chi connectivity index (χ3n) is 14.9. The van der Waals surface area contributed by atoms with Gasteiger partial charge in [0.05, 0.1) is 79.3 Å². The summed E-state index contributed by atoms with van der Waals surface area (Å²) in [6.07, 6.45) is -8.42. The Morgan fingerprint density at radius 3 is 0.800 bits per heavy atom. The number of aliphatic hydroxyl groups is 9. The Bertz CT molecular complexity index is 2020. The normalized spacial score (nSPS) is 29.0. The summed E-state index contributed by atoms with van der Waals surface area (Å²) in [6, 6.07) is -3.19. The first kappa shape index (κ1) is 87.2. The molecule has 0 spiro atoms. The molecule has 0 radical (unpaired) electrons. The van der Waals surface area contributed by atoms with E-state index in [0.29, 0.717) is 77.0 Å². The SMILES string of the molecule is CC(=O)NC1C(O)[C@@H](O)C(CO)O[C@H]1OCCCCCCOP(=O)(O)OCCCOCC(C)(COCCCOP(=O)(O)OCCCCCCO[C@@H]1OC(CO)[C@H](O)C(O)[C@@H]1NC(C)=O)COCCCOP(=O)(O)OCCCCCCO[C@@H]1OC(CO)[C@H](O)C(O)[C@@H]1NC(C)=O. The summed E-state index contributed by atoms with van der Waals surface area (Å²) in [7, 11) is -13.2. The molecule has 0 aliphatic carbocycles. The van der Waals surface area contributed by atoms with Gasteiger partial charge in [-0.2, -0.15) is 0 Å². The Balaban J connectivity index is 1.36. The van der Waals surface area contributed by atoms with Crippen LogP contribution in [0.1, 0.15) is 124 Å². The van der Waals surface area contributed by atoms with E-state index in [2.05, 4.69) is 16.0 Å². The molecule has 0 saturated carbocycles. The molecule has 3 aliphatic rings. The zero-order valence-electron chi connectivity index (χ0n) is 54.8. The second-order valence-electron chi connectivity index (χ2n) is 23.6. The van der Waals surface area contributed by atoms with E-state index in [1.807, 2.05) is 6.92 Å². The minimum Gasteiger partial charge on any atom is -0.394 e. The van der Waals surface area contributed by atoms with Crippen LogP contribution in [0, 0.1) is 5.41 Å². The van der Waals surface area contributed by atoms with Crippen LogP contribution in [0.3, 0.4) is 0 Å². The number of carbonyl (C=O) groups is 3. The lowest BCUT2D eigenvalue weighted by Gasteiger charge is -2.42. The maximum absolute atomic E-state index is 12.6. The predicted octanol–water partition coefficient (Wildman–Crippen LogP) is -0.824. The van der Waals surface area contributed by atoms with Gasteiger partial charge in [0, 0.05) is 65.8 Å². The van der Waals surface area contributed by atoms with Gasteiger partial charge in [-0.15, -0.1) is 0 Å². The van der Waals surface area contributed by atoms with E-state index < -0.39 is 158 Å². The van der Waals surface area contributed by atoms with Crippen LogP contribution in [-0.4, -0.2) is 289 Å². The van der Waals surface area contributed by atoms with Crippen molar-refractivity contribution in [2.45, 2.75) is 216 Å². The van der Waals surface area contributed by atoms with Crippen molar-refractivity contribution in [2.75, 3.05) is 119 Å². The predicted molar refractivity (Wildman–Crippen MR) is 329 cm³/mol. The van der Waals surface area contributed by atoms with Crippen molar-refractivity contribution in [3.63, 3.8) is 0 Å². The Hall–Kier alpha value is -1.98. The summed E-state index contributed by atoms with van der Waals surface area (Å²) in [4.78, 5) is 65.7. The molecular formula is C56H108N3O33P3. The molecule has 560 valence electrons. The number of carbonyl (C=O) groups excluding carboxylic acids is 3. The van der Waals surface area contributed by atoms with Crippen molar-refractivity contribution in [2.24, 2.45) is 5.41 Å². The van der Waals surface area contributed by atoms with E-state index in [1.165, 1.54) is 20.8 Å². The molecule has 15 N–H and O–H groups in total. The largest absolute Gasteiger partial charge is 0.472 e. The number of rotatable bonds is 54. The summed E-state index contributed by atoms with van der Waals surface area (Å²) in [5, 5.41) is 97.8. The molecular weight excluding hydrogens is 1340 g/mol. The molecule has 36 nitrogen and oxygen atoms in total. The van der Waals surface area contributed by atoms with Crippen molar-refractivity contribution in [3.05, 3.63) is 0 Å². The molecule has 10 unspecified atom stereocenters. The Morgan fingerprint density at radius 2 is 0.579 bits per heavy atom. The topological polar surface area (TPSA) is 520 Å². The van der Waals surface area contributed by atoms with E-state index in [1.54, 1.807) is 0 Å². The fourth-order valence-corrected chi connectivity index (χ4v) is 12.2. The van der Waals surface area contributed by atoms with E-state index >= 15 is 0 Å². The summed E-state index contributed by atoms with van der Waals surface area (Å²) < 4.78 is 120. The number of unbranched alkanes of at least 4 members (excludes halogenated alkanes) is 9. The second-order valence-corrected chi connectivity index (χ2v) is 27.9. The maximum Gasteiger partial charge on any atom is 0.472 e. The number of hydrogen-bond acceptors (Lipinski definition) is 30. The smallest absolute Gasteiger partial charge is 0.394 e. The van der Waals surface area contributed by atoms with E-state index in [4.69, 9.17) is 69.8 Å². The lowest BCUT2D eigenvalue weighted by Crippen LogP contribution is -2.64. The second kappa shape index (κ2) is 47.3. The van der Waals surface area contributed by atoms with Crippen molar-refractivity contribution in [1.29, 1.82) is 0 Å². The van der Waals surface area contributed by atoms with Gasteiger partial charge in [0.25, 0.3) is 0 Å². The molecule has 3 rings (SSSR count). The van der Waals surface area contributed by atoms with Crippen LogP contribution in [0.5, 0.6) is 0 Å². The summed E-state index contributed by atoms with van der Waals surface area (Å²) >= 11 is 0. The third-order valence-corrected chi connectivity index (χ3v) is 17.9. The van der Waals surface area contributed by atoms with Gasteiger partial charge in [-0.1, -0.05) is 45.4 Å². The summed E-state index contributed by atoms with van der Waals surface area (Å²) in [5.41, 5.74) is -0.803. The van der Waals surface area contributed by atoms with Crippen LogP contribution in [0.15, 0.2) is 0 Å². The highest BCUT2D eigenvalue weighted by atomic mass is 31.2. The number of amides is 3. The zero-order chi connectivity index (χ0) is 70.5. The van der Waals surface area contributed by atoms with E-state index in [0.717, 1.165) is 0 Å². The molecule has 3 aliphatic heterocycles. The van der Waals surface area contributed by atoms with Gasteiger partial charge >= 0.3 is 23.5 Å². The van der Waals surface area contributed by atoms with Gasteiger partial charge in [-0.05, 0) is 57.8 Å². The number of nitrogens with one attached hydrogen (secondary N) is 3. The fraction of sp³-hybridized carbons (Fsp3) is 0.946. The molecule has 0 aromatic carbocycles. The number of phosphoric ester groups is 3. The molecule has 0 aromatic rings. The molecule has 3 saturated heterocycles. The molecule has 18 atom stereocenters. The minimum absolute atomic E-state index is 0.0674. The number of hydrogen-bond donors (Lipinski definition) is 15. The van der Waals surface area contributed by atoms with Gasteiger partial charge in [-0.25, -0.2) is 13.7 Å². The van der Waals surface area contributed by atoms with Crippen LogP contribution in [0.2, 0.25) is 0 Å². The molecule has 0 bridgehead atoms. The zero-order valence-corrected chi connectivity index (χ0v) is 57.5. The fourth-order valence-electron chi connectivity index (χ4n) is 9.87. The van der Waals surface area contributed by atoms with Crippen molar-refractivity contribution < 1.29 is 158 Å². The standard InChI is InChI=1S/C56H108N3O33P3/c1-38(63)57-44-50(69)47(66)41(32-60)90-53(44)81-23-11-5-8-14-26-84-93(72,73)87-29-17-20-78-35-56(4,36-79-21-18-30-88-94(74,75)85-27-15-9-6-12-24-82-54-45(58-39(2)64)51(70)48(67)42(33-61)91-54)37-80-22-19-31-89-95(76,77)86-28-16-10-7-13-25-83-55-46(59-40(3)65)52(71)49(68)43(34-62)92-55/h41-55,60-62,66-71H,5-37H2,1-4H3,(H,57,63)(H,58,64)(H,59,65)(H,72,73)(H,74,75)(H,76,77)/t41?,42?,43?,44-,45-,46?,47-,48-,49-,50?,51?,52?,53+,54+,55+,56?/m0/s1. The first-order valence-corrected chi connectivity index (χ1v) is 36.7. The molecule has 0 aromatic heterocycles. The van der Waals surface area contributed by atoms with Gasteiger partial charge in [-0.3, -0.25) is 41.5 Å². The van der Waals surface area contributed by atoms with Crippen molar-refractivity contribution >= 4 is 41.2 Å². The highest BCUT2D eigenvalue weighted by Crippen LogP contribution is 2.45. The van der Waals surface area contributed by atoms with Gasteiger partial charge in [0.2, 0.25) is 17.7 Å². The van der Waals surface area contributed by atoms with Gasteiger partial charge < -0.3 is 119 Å². The number of phosphoric acid groups is 3. The van der Waals surface area contributed by atoms with Crippen LogP contribution in [-0.2, 0) is 97.9 Å². The minimum atomic E-state index is -4.41. The highest BCUT2D eigenvalue weighted by molar-refractivity contribution is 7.47. The van der Waals surface area contributed by atoms with Crippen molar-refractivity contribution in [1.82, 2.24) is 16.0 Å². The summed E-state index contributed by atoms with van der Waals surface area (Å²) in [5.74, 6) is -1.44. The average Bonchev–Trinajstić information content (AvgIpc) is 0.828. The van der Waals surface area contributed by atoms with Gasteiger partial charge in [0.15, 0.2) is 18.9 Å². The summed E-state index contributed by atoms with van der Waals surface area (Å²) in [6.45, 7) is 3.86. The number of ether oxygens (including phenoxy) is 9. The Kier molecular flexibility index (Phi) is 43.4.